The Morgan fingerprint density at radius 3 is 2.81 bits per heavy atom. The third kappa shape index (κ3) is 5.73. The lowest BCUT2D eigenvalue weighted by molar-refractivity contribution is -0.120. The molecule has 0 spiro atoms. The summed E-state index contributed by atoms with van der Waals surface area (Å²) in [6.45, 7) is 2.79. The molecule has 116 valence electrons. The quantitative estimate of drug-likeness (QED) is 0.568. The fraction of sp³-hybridized carbons (Fsp3) is 0.429. The molecule has 1 aromatic rings. The third-order valence-electron chi connectivity index (χ3n) is 2.67. The van der Waals surface area contributed by atoms with E-state index in [1.807, 2.05) is 0 Å². The van der Waals surface area contributed by atoms with Crippen molar-refractivity contribution >= 4 is 23.6 Å². The minimum atomic E-state index is -1.33. The van der Waals surface area contributed by atoms with Crippen LogP contribution in [0.15, 0.2) is 23.1 Å². The number of aromatic carboxylic acids is 1. The zero-order valence-corrected chi connectivity index (χ0v) is 12.7. The SMILES string of the molecule is COCCCNC(=O)C(C)Sc1ccc(F)c(C(=O)O)c1. The summed E-state index contributed by atoms with van der Waals surface area (Å²) in [6, 6.07) is 3.78. The van der Waals surface area contributed by atoms with Gasteiger partial charge in [-0.15, -0.1) is 11.8 Å². The molecule has 2 N–H and O–H groups in total. The summed E-state index contributed by atoms with van der Waals surface area (Å²) < 4.78 is 18.2. The van der Waals surface area contributed by atoms with Gasteiger partial charge in [0.2, 0.25) is 5.91 Å². The highest BCUT2D eigenvalue weighted by Crippen LogP contribution is 2.25. The molecule has 0 bridgehead atoms. The number of ether oxygens (including phenoxy) is 1. The van der Waals surface area contributed by atoms with E-state index in [-0.39, 0.29) is 5.91 Å². The highest BCUT2D eigenvalue weighted by Gasteiger charge is 2.16. The smallest absolute Gasteiger partial charge is 0.338 e. The molecule has 0 aliphatic carbocycles. The first kappa shape index (κ1) is 17.5. The van der Waals surface area contributed by atoms with E-state index in [1.54, 1.807) is 14.0 Å². The number of rotatable bonds is 8. The zero-order chi connectivity index (χ0) is 15.8. The minimum absolute atomic E-state index is 0.155. The van der Waals surface area contributed by atoms with Crippen molar-refractivity contribution in [2.75, 3.05) is 20.3 Å². The largest absolute Gasteiger partial charge is 0.478 e. The van der Waals surface area contributed by atoms with Crippen molar-refractivity contribution in [3.05, 3.63) is 29.6 Å². The number of halogens is 1. The summed E-state index contributed by atoms with van der Waals surface area (Å²) in [7, 11) is 1.59. The molecular weight excluding hydrogens is 297 g/mol. The molecule has 1 unspecified atom stereocenters. The summed E-state index contributed by atoms with van der Waals surface area (Å²) in [6.07, 6.45) is 0.722. The highest BCUT2D eigenvalue weighted by atomic mass is 32.2. The fourth-order valence-corrected chi connectivity index (χ4v) is 2.50. The van der Waals surface area contributed by atoms with Gasteiger partial charge in [-0.3, -0.25) is 4.79 Å². The Balaban J connectivity index is 2.58. The van der Waals surface area contributed by atoms with Crippen LogP contribution in [0.1, 0.15) is 23.7 Å². The van der Waals surface area contributed by atoms with Crippen molar-refractivity contribution in [2.45, 2.75) is 23.5 Å². The summed E-state index contributed by atoms with van der Waals surface area (Å²) >= 11 is 1.18. The van der Waals surface area contributed by atoms with Gasteiger partial charge in [0.1, 0.15) is 5.82 Å². The zero-order valence-electron chi connectivity index (χ0n) is 11.9. The standard InChI is InChI=1S/C14H18FNO4S/c1-9(13(17)16-6-3-7-20-2)21-10-4-5-12(15)11(8-10)14(18)19/h4-5,8-9H,3,6-7H2,1-2H3,(H,16,17)(H,18,19). The van der Waals surface area contributed by atoms with E-state index >= 15 is 0 Å². The van der Waals surface area contributed by atoms with Gasteiger partial charge in [-0.2, -0.15) is 0 Å². The molecular formula is C14H18FNO4S. The molecule has 0 saturated heterocycles. The van der Waals surface area contributed by atoms with Crippen LogP contribution in [-0.2, 0) is 9.53 Å². The molecule has 0 aromatic heterocycles. The van der Waals surface area contributed by atoms with Gasteiger partial charge >= 0.3 is 5.97 Å². The van der Waals surface area contributed by atoms with Gasteiger partial charge in [-0.25, -0.2) is 9.18 Å². The number of carboxylic acids is 1. The molecule has 1 atom stereocenters. The van der Waals surface area contributed by atoms with E-state index < -0.39 is 22.6 Å². The van der Waals surface area contributed by atoms with Gasteiger partial charge in [0.15, 0.2) is 0 Å². The third-order valence-corrected chi connectivity index (χ3v) is 3.77. The highest BCUT2D eigenvalue weighted by molar-refractivity contribution is 8.00. The number of amides is 1. The topological polar surface area (TPSA) is 75.6 Å². The summed E-state index contributed by atoms with van der Waals surface area (Å²) in [5.41, 5.74) is -0.396. The van der Waals surface area contributed by atoms with E-state index in [1.165, 1.54) is 23.9 Å². The number of carbonyl (C=O) groups excluding carboxylic acids is 1. The second kappa shape index (κ2) is 8.63. The Hall–Kier alpha value is -1.60. The van der Waals surface area contributed by atoms with Crippen molar-refractivity contribution in [3.8, 4) is 0 Å². The van der Waals surface area contributed by atoms with E-state index in [9.17, 15) is 14.0 Å². The van der Waals surface area contributed by atoms with Crippen molar-refractivity contribution in [2.24, 2.45) is 0 Å². The second-order valence-electron chi connectivity index (χ2n) is 4.34. The van der Waals surface area contributed by atoms with Gasteiger partial charge in [-0.05, 0) is 31.5 Å². The number of carboxylic acid groups (broad SMARTS) is 1. The minimum Gasteiger partial charge on any atom is -0.478 e. The Kier molecular flexibility index (Phi) is 7.18. The van der Waals surface area contributed by atoms with Crippen LogP contribution in [0.2, 0.25) is 0 Å². The Morgan fingerprint density at radius 1 is 1.48 bits per heavy atom. The van der Waals surface area contributed by atoms with Crippen LogP contribution >= 0.6 is 11.8 Å². The van der Waals surface area contributed by atoms with Gasteiger partial charge in [0.05, 0.1) is 10.8 Å². The summed E-state index contributed by atoms with van der Waals surface area (Å²) in [4.78, 5) is 23.2. The lowest BCUT2D eigenvalue weighted by atomic mass is 10.2. The van der Waals surface area contributed by atoms with Crippen molar-refractivity contribution in [1.29, 1.82) is 0 Å². The van der Waals surface area contributed by atoms with Crippen LogP contribution in [0.3, 0.4) is 0 Å². The second-order valence-corrected chi connectivity index (χ2v) is 5.76. The number of nitrogens with one attached hydrogen (secondary N) is 1. The van der Waals surface area contributed by atoms with Crippen molar-refractivity contribution in [3.63, 3.8) is 0 Å². The van der Waals surface area contributed by atoms with E-state index in [2.05, 4.69) is 5.32 Å². The van der Waals surface area contributed by atoms with E-state index in [0.29, 0.717) is 18.0 Å². The van der Waals surface area contributed by atoms with E-state index in [0.717, 1.165) is 12.5 Å². The summed E-state index contributed by atoms with van der Waals surface area (Å²) in [5, 5.41) is 11.2. The van der Waals surface area contributed by atoms with Gasteiger partial charge < -0.3 is 15.2 Å². The number of thioether (sulfide) groups is 1. The van der Waals surface area contributed by atoms with Gasteiger partial charge in [0.25, 0.3) is 0 Å². The first-order valence-corrected chi connectivity index (χ1v) is 7.29. The van der Waals surface area contributed by atoms with Crippen LogP contribution in [0, 0.1) is 5.82 Å². The molecule has 0 aliphatic rings. The molecule has 1 amide bonds. The maximum atomic E-state index is 13.3. The van der Waals surface area contributed by atoms with Crippen LogP contribution in [0.25, 0.3) is 0 Å². The lowest BCUT2D eigenvalue weighted by Crippen LogP contribution is -2.32. The van der Waals surface area contributed by atoms with Crippen LogP contribution in [0.5, 0.6) is 0 Å². The van der Waals surface area contributed by atoms with Crippen molar-refractivity contribution < 1.29 is 23.8 Å². The number of hydrogen-bond acceptors (Lipinski definition) is 4. The maximum absolute atomic E-state index is 13.3. The lowest BCUT2D eigenvalue weighted by Gasteiger charge is -2.12. The molecule has 0 aliphatic heterocycles. The fourth-order valence-electron chi connectivity index (χ4n) is 1.57. The van der Waals surface area contributed by atoms with Crippen LogP contribution in [-0.4, -0.2) is 42.5 Å². The Morgan fingerprint density at radius 2 is 2.19 bits per heavy atom. The molecule has 21 heavy (non-hydrogen) atoms. The van der Waals surface area contributed by atoms with E-state index in [4.69, 9.17) is 9.84 Å². The number of methoxy groups -OCH3 is 1. The molecule has 1 rings (SSSR count). The van der Waals surface area contributed by atoms with Crippen LogP contribution < -0.4 is 5.32 Å². The molecule has 7 heteroatoms. The molecule has 5 nitrogen and oxygen atoms in total. The summed E-state index contributed by atoms with van der Waals surface area (Å²) in [5.74, 6) is -2.27. The van der Waals surface area contributed by atoms with Crippen LogP contribution in [0.4, 0.5) is 4.39 Å². The number of benzene rings is 1. The molecule has 0 radical (unpaired) electrons. The average Bonchev–Trinajstić information content (AvgIpc) is 2.45. The maximum Gasteiger partial charge on any atom is 0.338 e. The normalized spacial score (nSPS) is 12.0. The predicted octanol–water partition coefficient (Wildman–Crippen LogP) is 2.16. The monoisotopic (exact) mass is 315 g/mol. The Labute approximate surface area is 126 Å². The average molecular weight is 315 g/mol. The number of carbonyl (C=O) groups is 2. The Bertz CT molecular complexity index is 510. The molecule has 1 aromatic carbocycles. The van der Waals surface area contributed by atoms with Gasteiger partial charge in [0, 0.05) is 25.2 Å². The molecule has 0 fully saturated rings. The molecule has 0 heterocycles. The number of hydrogen-bond donors (Lipinski definition) is 2. The predicted molar refractivity (Wildman–Crippen MR) is 78.2 cm³/mol. The first-order valence-electron chi connectivity index (χ1n) is 6.42. The van der Waals surface area contributed by atoms with Gasteiger partial charge in [-0.1, -0.05) is 0 Å². The van der Waals surface area contributed by atoms with Crippen molar-refractivity contribution in [1.82, 2.24) is 5.32 Å². The first-order chi connectivity index (χ1) is 9.95. The molecule has 0 saturated carbocycles.